The molecule has 10 heteroatoms. The van der Waals surface area contributed by atoms with Gasteiger partial charge in [0, 0.05) is 24.0 Å². The van der Waals surface area contributed by atoms with Gasteiger partial charge in [0.1, 0.15) is 6.10 Å². The summed E-state index contributed by atoms with van der Waals surface area (Å²) in [5.41, 5.74) is -1.97. The molecular formula is C23H32O10. The molecule has 0 amide bonds. The Kier molecular flexibility index (Phi) is 10.8. The molecule has 0 aromatic rings. The molecule has 1 aliphatic carbocycles. The third-order valence-corrected chi connectivity index (χ3v) is 5.80. The fourth-order valence-electron chi connectivity index (χ4n) is 4.33. The SMILES string of the molecule is CCCCC1C/C(C(=O)O)=C(/C(=O)O)C(C(CCCC)OC(C)=O)C/C(C(=O)O)=C\1C(=O)O. The zero-order valence-electron chi connectivity index (χ0n) is 19.1. The summed E-state index contributed by atoms with van der Waals surface area (Å²) in [5.74, 6) is -9.18. The predicted octanol–water partition coefficient (Wildman–Crippen LogP) is 3.26. The molecule has 0 aromatic heterocycles. The van der Waals surface area contributed by atoms with E-state index in [0.717, 1.165) is 6.92 Å². The van der Waals surface area contributed by atoms with Crippen molar-refractivity contribution in [1.29, 1.82) is 0 Å². The van der Waals surface area contributed by atoms with Gasteiger partial charge in [0.15, 0.2) is 0 Å². The smallest absolute Gasteiger partial charge is 0.332 e. The number of carboxylic acids is 4. The number of carbonyl (C=O) groups excluding carboxylic acids is 1. The van der Waals surface area contributed by atoms with Crippen molar-refractivity contribution in [3.8, 4) is 0 Å². The molecule has 0 aliphatic heterocycles. The number of aliphatic carboxylic acids is 4. The van der Waals surface area contributed by atoms with Crippen LogP contribution in [0.5, 0.6) is 0 Å². The van der Waals surface area contributed by atoms with Gasteiger partial charge >= 0.3 is 29.8 Å². The van der Waals surface area contributed by atoms with E-state index in [1.807, 2.05) is 13.8 Å². The third kappa shape index (κ3) is 7.44. The van der Waals surface area contributed by atoms with E-state index in [-0.39, 0.29) is 12.8 Å². The van der Waals surface area contributed by atoms with Gasteiger partial charge in [0.05, 0.1) is 11.1 Å². The maximum Gasteiger partial charge on any atom is 0.332 e. The zero-order valence-corrected chi connectivity index (χ0v) is 19.1. The minimum Gasteiger partial charge on any atom is -0.478 e. The van der Waals surface area contributed by atoms with Gasteiger partial charge in [-0.25, -0.2) is 19.2 Å². The lowest BCUT2D eigenvalue weighted by molar-refractivity contribution is -0.150. The van der Waals surface area contributed by atoms with E-state index in [2.05, 4.69) is 0 Å². The van der Waals surface area contributed by atoms with E-state index in [1.54, 1.807) is 0 Å². The molecule has 0 heterocycles. The Morgan fingerprint density at radius 2 is 1.33 bits per heavy atom. The molecule has 3 atom stereocenters. The Bertz CT molecular complexity index is 851. The molecule has 33 heavy (non-hydrogen) atoms. The molecule has 0 spiro atoms. The van der Waals surface area contributed by atoms with Gasteiger partial charge in [-0.3, -0.25) is 4.79 Å². The summed E-state index contributed by atoms with van der Waals surface area (Å²) < 4.78 is 5.32. The quantitative estimate of drug-likeness (QED) is 0.311. The van der Waals surface area contributed by atoms with Crippen LogP contribution >= 0.6 is 0 Å². The summed E-state index contributed by atoms with van der Waals surface area (Å²) in [7, 11) is 0. The van der Waals surface area contributed by atoms with Gasteiger partial charge in [-0.2, -0.15) is 0 Å². The van der Waals surface area contributed by atoms with E-state index in [4.69, 9.17) is 4.74 Å². The standard InChI is InChI=1S/C23H32O10/c1-4-6-8-13-10-15(20(25)26)19(23(31)32)14(17(9-7-5-2)33-12(3)24)11-16(21(27)28)18(13)22(29)30/h13-14,17H,4-11H2,1-3H3,(H,25,26)(H,27,28)(H,29,30)(H,31,32)/b18-16-,19-15-. The minimum absolute atomic E-state index is 0.166. The van der Waals surface area contributed by atoms with Crippen LogP contribution in [-0.2, 0) is 28.7 Å². The van der Waals surface area contributed by atoms with Crippen molar-refractivity contribution in [2.45, 2.75) is 78.2 Å². The van der Waals surface area contributed by atoms with Crippen LogP contribution in [0.4, 0.5) is 0 Å². The van der Waals surface area contributed by atoms with Crippen LogP contribution in [0.15, 0.2) is 22.3 Å². The first-order valence-corrected chi connectivity index (χ1v) is 11.0. The van der Waals surface area contributed by atoms with Crippen LogP contribution in [0.2, 0.25) is 0 Å². The highest BCUT2D eigenvalue weighted by Crippen LogP contribution is 2.40. The Labute approximate surface area is 191 Å². The average Bonchev–Trinajstić information content (AvgIpc) is 2.69. The Balaban J connectivity index is 3.91. The molecule has 4 N–H and O–H groups in total. The first-order chi connectivity index (χ1) is 15.5. The predicted molar refractivity (Wildman–Crippen MR) is 115 cm³/mol. The number of ether oxygens (including phenoxy) is 1. The Hall–Kier alpha value is -3.17. The molecule has 0 saturated heterocycles. The zero-order chi connectivity index (χ0) is 25.3. The lowest BCUT2D eigenvalue weighted by Gasteiger charge is -2.32. The number of unbranched alkanes of at least 4 members (excludes halogenated alkanes) is 2. The largest absolute Gasteiger partial charge is 0.478 e. The molecule has 10 nitrogen and oxygen atoms in total. The molecule has 1 aliphatic rings. The number of esters is 1. The second-order valence-electron chi connectivity index (χ2n) is 8.15. The van der Waals surface area contributed by atoms with Crippen LogP contribution in [-0.4, -0.2) is 56.4 Å². The molecule has 3 unspecified atom stereocenters. The van der Waals surface area contributed by atoms with Crippen molar-refractivity contribution in [2.75, 3.05) is 0 Å². The van der Waals surface area contributed by atoms with Crippen molar-refractivity contribution in [2.24, 2.45) is 11.8 Å². The van der Waals surface area contributed by atoms with Gasteiger partial charge in [-0.1, -0.05) is 39.5 Å². The Morgan fingerprint density at radius 3 is 1.76 bits per heavy atom. The number of rotatable bonds is 12. The van der Waals surface area contributed by atoms with Gasteiger partial charge in [-0.05, 0) is 31.6 Å². The first-order valence-electron chi connectivity index (χ1n) is 11.0. The van der Waals surface area contributed by atoms with Crippen LogP contribution in [0.1, 0.15) is 72.1 Å². The van der Waals surface area contributed by atoms with Crippen molar-refractivity contribution in [1.82, 2.24) is 0 Å². The third-order valence-electron chi connectivity index (χ3n) is 5.80. The monoisotopic (exact) mass is 468 g/mol. The lowest BCUT2D eigenvalue weighted by Crippen LogP contribution is -2.36. The van der Waals surface area contributed by atoms with E-state index in [1.165, 1.54) is 0 Å². The number of hydrogen-bond donors (Lipinski definition) is 4. The molecule has 184 valence electrons. The van der Waals surface area contributed by atoms with Crippen LogP contribution in [0.25, 0.3) is 0 Å². The highest BCUT2D eigenvalue weighted by atomic mass is 16.5. The topological polar surface area (TPSA) is 175 Å². The highest BCUT2D eigenvalue weighted by Gasteiger charge is 2.42. The summed E-state index contributed by atoms with van der Waals surface area (Å²) in [4.78, 5) is 60.4. The second kappa shape index (κ2) is 12.8. The lowest BCUT2D eigenvalue weighted by atomic mass is 9.73. The first kappa shape index (κ1) is 27.9. The molecule has 0 saturated carbocycles. The van der Waals surface area contributed by atoms with Crippen molar-refractivity contribution in [3.63, 3.8) is 0 Å². The van der Waals surface area contributed by atoms with Crippen LogP contribution in [0.3, 0.4) is 0 Å². The fourth-order valence-corrected chi connectivity index (χ4v) is 4.33. The minimum atomic E-state index is -1.57. The fraction of sp³-hybridized carbons (Fsp3) is 0.609. The number of carbonyl (C=O) groups is 5. The van der Waals surface area contributed by atoms with E-state index in [9.17, 15) is 44.4 Å². The van der Waals surface area contributed by atoms with Crippen LogP contribution in [0, 0.1) is 11.8 Å². The molecule has 0 radical (unpaired) electrons. The van der Waals surface area contributed by atoms with E-state index >= 15 is 0 Å². The maximum atomic E-state index is 12.3. The normalized spacial score (nSPS) is 24.3. The van der Waals surface area contributed by atoms with E-state index < -0.39 is 82.9 Å². The van der Waals surface area contributed by atoms with Gasteiger partial charge in [0.25, 0.3) is 0 Å². The summed E-state index contributed by atoms with van der Waals surface area (Å²) >= 11 is 0. The summed E-state index contributed by atoms with van der Waals surface area (Å²) in [6.45, 7) is 4.81. The Morgan fingerprint density at radius 1 is 0.818 bits per heavy atom. The molecule has 0 aromatic carbocycles. The summed E-state index contributed by atoms with van der Waals surface area (Å²) in [6.07, 6.45) is 0.499. The molecule has 0 fully saturated rings. The average molecular weight is 468 g/mol. The van der Waals surface area contributed by atoms with E-state index in [0.29, 0.717) is 25.7 Å². The molecular weight excluding hydrogens is 436 g/mol. The van der Waals surface area contributed by atoms with Gasteiger partial charge in [-0.15, -0.1) is 0 Å². The van der Waals surface area contributed by atoms with Crippen molar-refractivity contribution >= 4 is 29.8 Å². The summed E-state index contributed by atoms with van der Waals surface area (Å²) in [5, 5.41) is 39.6. The number of carboxylic acid groups (broad SMARTS) is 4. The van der Waals surface area contributed by atoms with Crippen molar-refractivity contribution < 1.29 is 49.1 Å². The highest BCUT2D eigenvalue weighted by molar-refractivity contribution is 6.02. The van der Waals surface area contributed by atoms with Crippen LogP contribution < -0.4 is 0 Å². The maximum absolute atomic E-state index is 12.3. The van der Waals surface area contributed by atoms with Gasteiger partial charge in [0.2, 0.25) is 0 Å². The second-order valence-corrected chi connectivity index (χ2v) is 8.15. The van der Waals surface area contributed by atoms with Crippen molar-refractivity contribution in [3.05, 3.63) is 22.3 Å². The molecule has 1 rings (SSSR count). The summed E-state index contributed by atoms with van der Waals surface area (Å²) in [6, 6.07) is 0. The number of hydrogen-bond acceptors (Lipinski definition) is 6. The molecule has 0 bridgehead atoms. The van der Waals surface area contributed by atoms with Gasteiger partial charge < -0.3 is 25.2 Å².